The number of anilines is 2. The lowest BCUT2D eigenvalue weighted by molar-refractivity contribution is 0.415. The Balaban J connectivity index is 2.11. The third-order valence-corrected chi connectivity index (χ3v) is 3.02. The van der Waals surface area contributed by atoms with Crippen LogP contribution in [0.5, 0.6) is 5.75 Å². The summed E-state index contributed by atoms with van der Waals surface area (Å²) in [4.78, 5) is 0. The van der Waals surface area contributed by atoms with E-state index in [0.29, 0.717) is 5.75 Å². The molecule has 2 rings (SSSR count). The first-order valence-electron chi connectivity index (χ1n) is 6.16. The lowest BCUT2D eigenvalue weighted by Gasteiger charge is -2.13. The Bertz CT molecular complexity index is 656. The summed E-state index contributed by atoms with van der Waals surface area (Å²) in [5, 5.41) is 5.94. The number of nitrogens with one attached hydrogen (secondary N) is 2. The van der Waals surface area contributed by atoms with E-state index in [9.17, 15) is 8.78 Å². The average Bonchev–Trinajstić information content (AvgIpc) is 2.40. The van der Waals surface area contributed by atoms with E-state index in [4.69, 9.17) is 17.0 Å². The van der Waals surface area contributed by atoms with Crippen molar-refractivity contribution in [3.8, 4) is 5.75 Å². The minimum Gasteiger partial charge on any atom is -0.497 e. The van der Waals surface area contributed by atoms with Crippen LogP contribution in [0.3, 0.4) is 0 Å². The van der Waals surface area contributed by atoms with E-state index in [1.807, 2.05) is 19.1 Å². The Kier molecular flexibility index (Phi) is 4.70. The summed E-state index contributed by atoms with van der Waals surface area (Å²) >= 11 is 5.14. The molecular weight excluding hydrogens is 294 g/mol. The zero-order chi connectivity index (χ0) is 15.4. The maximum atomic E-state index is 13.1. The van der Waals surface area contributed by atoms with Crippen LogP contribution in [-0.4, -0.2) is 12.2 Å². The van der Waals surface area contributed by atoms with E-state index < -0.39 is 11.6 Å². The van der Waals surface area contributed by atoms with Crippen LogP contribution in [0.25, 0.3) is 0 Å². The van der Waals surface area contributed by atoms with Crippen LogP contribution < -0.4 is 15.4 Å². The fraction of sp³-hybridized carbons (Fsp3) is 0.133. The number of benzene rings is 2. The maximum Gasteiger partial charge on any atom is 0.175 e. The highest BCUT2D eigenvalue weighted by Gasteiger charge is 2.05. The summed E-state index contributed by atoms with van der Waals surface area (Å²) in [5.41, 5.74) is 1.96. The van der Waals surface area contributed by atoms with Crippen molar-refractivity contribution < 1.29 is 13.5 Å². The summed E-state index contributed by atoms with van der Waals surface area (Å²) in [6.07, 6.45) is 0. The average molecular weight is 308 g/mol. The second-order valence-electron chi connectivity index (χ2n) is 4.42. The highest BCUT2D eigenvalue weighted by Crippen LogP contribution is 2.22. The second kappa shape index (κ2) is 6.49. The summed E-state index contributed by atoms with van der Waals surface area (Å²) in [7, 11) is 1.57. The molecule has 0 aromatic heterocycles. The fourth-order valence-corrected chi connectivity index (χ4v) is 2.00. The van der Waals surface area contributed by atoms with Crippen molar-refractivity contribution >= 4 is 28.7 Å². The molecule has 0 saturated heterocycles. The minimum absolute atomic E-state index is 0.233. The molecule has 0 unspecified atom stereocenters. The van der Waals surface area contributed by atoms with Gasteiger partial charge in [-0.15, -0.1) is 0 Å². The Morgan fingerprint density at radius 3 is 2.33 bits per heavy atom. The van der Waals surface area contributed by atoms with E-state index in [1.165, 1.54) is 0 Å². The Morgan fingerprint density at radius 1 is 1.05 bits per heavy atom. The lowest BCUT2D eigenvalue weighted by Crippen LogP contribution is -2.19. The number of aryl methyl sites for hydroxylation is 1. The van der Waals surface area contributed by atoms with Crippen molar-refractivity contribution in [1.82, 2.24) is 0 Å². The predicted molar refractivity (Wildman–Crippen MR) is 83.9 cm³/mol. The quantitative estimate of drug-likeness (QED) is 0.837. The van der Waals surface area contributed by atoms with E-state index in [0.717, 1.165) is 29.4 Å². The smallest absolute Gasteiger partial charge is 0.175 e. The molecule has 0 fully saturated rings. The summed E-state index contributed by atoms with van der Waals surface area (Å²) in [5.74, 6) is -0.654. The zero-order valence-corrected chi connectivity index (χ0v) is 12.4. The number of halogens is 2. The van der Waals surface area contributed by atoms with Crippen molar-refractivity contribution in [1.29, 1.82) is 0 Å². The SMILES string of the molecule is COc1ccc(C)c(NC(=S)Nc2cc(F)cc(F)c2)c1. The fourth-order valence-electron chi connectivity index (χ4n) is 1.77. The van der Waals surface area contributed by atoms with Gasteiger partial charge in [-0.05, 0) is 42.9 Å². The number of hydrogen-bond acceptors (Lipinski definition) is 2. The minimum atomic E-state index is -0.669. The summed E-state index contributed by atoms with van der Waals surface area (Å²) in [6.45, 7) is 1.91. The van der Waals surface area contributed by atoms with Gasteiger partial charge in [0.25, 0.3) is 0 Å². The van der Waals surface area contributed by atoms with Gasteiger partial charge in [0.1, 0.15) is 17.4 Å². The van der Waals surface area contributed by atoms with Crippen LogP contribution in [0.15, 0.2) is 36.4 Å². The Morgan fingerprint density at radius 2 is 1.71 bits per heavy atom. The molecule has 0 spiro atoms. The highest BCUT2D eigenvalue weighted by atomic mass is 32.1. The van der Waals surface area contributed by atoms with Gasteiger partial charge in [-0.25, -0.2) is 8.78 Å². The van der Waals surface area contributed by atoms with Crippen LogP contribution in [0, 0.1) is 18.6 Å². The molecule has 0 aliphatic rings. The van der Waals surface area contributed by atoms with Crippen LogP contribution in [0.2, 0.25) is 0 Å². The number of hydrogen-bond donors (Lipinski definition) is 2. The molecule has 110 valence electrons. The summed E-state index contributed by atoms with van der Waals surface area (Å²) < 4.78 is 31.4. The second-order valence-corrected chi connectivity index (χ2v) is 4.83. The molecule has 0 aliphatic carbocycles. The molecule has 2 N–H and O–H groups in total. The van der Waals surface area contributed by atoms with Gasteiger partial charge in [-0.1, -0.05) is 6.07 Å². The third-order valence-electron chi connectivity index (χ3n) is 2.81. The monoisotopic (exact) mass is 308 g/mol. The van der Waals surface area contributed by atoms with Gasteiger partial charge in [-0.2, -0.15) is 0 Å². The van der Waals surface area contributed by atoms with Gasteiger partial charge in [0, 0.05) is 23.5 Å². The van der Waals surface area contributed by atoms with Crippen LogP contribution in [0.4, 0.5) is 20.2 Å². The van der Waals surface area contributed by atoms with E-state index in [2.05, 4.69) is 10.6 Å². The normalized spacial score (nSPS) is 10.1. The number of ether oxygens (including phenoxy) is 1. The molecule has 2 aromatic rings. The lowest BCUT2D eigenvalue weighted by atomic mass is 10.2. The van der Waals surface area contributed by atoms with Crippen molar-refractivity contribution in [2.24, 2.45) is 0 Å². The zero-order valence-electron chi connectivity index (χ0n) is 11.5. The molecule has 0 amide bonds. The van der Waals surface area contributed by atoms with E-state index in [-0.39, 0.29) is 10.8 Å². The molecule has 6 heteroatoms. The van der Waals surface area contributed by atoms with Crippen LogP contribution in [-0.2, 0) is 0 Å². The van der Waals surface area contributed by atoms with Crippen LogP contribution >= 0.6 is 12.2 Å². The van der Waals surface area contributed by atoms with Gasteiger partial charge in [-0.3, -0.25) is 0 Å². The molecular formula is C15H14F2N2OS. The molecule has 2 aromatic carbocycles. The molecule has 0 radical (unpaired) electrons. The van der Waals surface area contributed by atoms with Gasteiger partial charge >= 0.3 is 0 Å². The van der Waals surface area contributed by atoms with Gasteiger partial charge in [0.05, 0.1) is 7.11 Å². The molecule has 0 bridgehead atoms. The highest BCUT2D eigenvalue weighted by molar-refractivity contribution is 7.80. The molecule has 0 atom stereocenters. The Labute approximate surface area is 126 Å². The van der Waals surface area contributed by atoms with Gasteiger partial charge < -0.3 is 15.4 Å². The molecule has 21 heavy (non-hydrogen) atoms. The number of thiocarbonyl (C=S) groups is 1. The van der Waals surface area contributed by atoms with Crippen molar-refractivity contribution in [3.63, 3.8) is 0 Å². The maximum absolute atomic E-state index is 13.1. The first-order chi connectivity index (χ1) is 9.97. The molecule has 0 aliphatic heterocycles. The van der Waals surface area contributed by atoms with Crippen LogP contribution in [0.1, 0.15) is 5.56 Å². The van der Waals surface area contributed by atoms with Crippen molar-refractivity contribution in [3.05, 3.63) is 53.6 Å². The van der Waals surface area contributed by atoms with E-state index >= 15 is 0 Å². The largest absolute Gasteiger partial charge is 0.497 e. The third kappa shape index (κ3) is 4.13. The molecule has 0 heterocycles. The van der Waals surface area contributed by atoms with E-state index in [1.54, 1.807) is 13.2 Å². The first-order valence-corrected chi connectivity index (χ1v) is 6.57. The standard InChI is InChI=1S/C15H14F2N2OS/c1-9-3-4-13(20-2)8-14(9)19-15(21)18-12-6-10(16)5-11(17)7-12/h3-8H,1-2H3,(H2,18,19,21). The van der Waals surface area contributed by atoms with Gasteiger partial charge in [0.15, 0.2) is 5.11 Å². The number of methoxy groups -OCH3 is 1. The molecule has 0 saturated carbocycles. The van der Waals surface area contributed by atoms with Crippen molar-refractivity contribution in [2.75, 3.05) is 17.7 Å². The summed E-state index contributed by atoms with van der Waals surface area (Å²) in [6, 6.07) is 8.62. The van der Waals surface area contributed by atoms with Gasteiger partial charge in [0.2, 0.25) is 0 Å². The first kappa shape index (κ1) is 15.2. The molecule has 3 nitrogen and oxygen atoms in total. The number of rotatable bonds is 3. The van der Waals surface area contributed by atoms with Crippen molar-refractivity contribution in [2.45, 2.75) is 6.92 Å². The Hall–Kier alpha value is -2.21. The predicted octanol–water partition coefficient (Wildman–Crippen LogP) is 4.09. The topological polar surface area (TPSA) is 33.3 Å².